The Morgan fingerprint density at radius 2 is 1.74 bits per heavy atom. The molecule has 43 heavy (non-hydrogen) atoms. The van der Waals surface area contributed by atoms with Crippen molar-refractivity contribution in [2.24, 2.45) is 5.92 Å². The quantitative estimate of drug-likeness (QED) is 0.308. The van der Waals surface area contributed by atoms with E-state index in [-0.39, 0.29) is 17.0 Å². The maximum absolute atomic E-state index is 11.2. The molecule has 2 saturated heterocycles. The fourth-order valence-corrected chi connectivity index (χ4v) is 8.00. The number of nitrogens with zero attached hydrogens (tertiary/aromatic N) is 4. The number of allylic oxidation sites excluding steroid dienone is 1. The molecular weight excluding hydrogens is 583 g/mol. The van der Waals surface area contributed by atoms with Gasteiger partial charge in [-0.05, 0) is 48.2 Å². The van der Waals surface area contributed by atoms with Crippen molar-refractivity contribution in [3.05, 3.63) is 70.8 Å². The van der Waals surface area contributed by atoms with Crippen LogP contribution in [0.1, 0.15) is 36.5 Å². The molecule has 0 radical (unpaired) electrons. The number of fused-ring (bicyclic) bond motifs is 1. The second-order valence-electron chi connectivity index (χ2n) is 12.5. The summed E-state index contributed by atoms with van der Waals surface area (Å²) in [5, 5.41) is 11.8. The molecule has 0 spiro atoms. The van der Waals surface area contributed by atoms with Gasteiger partial charge in [0.25, 0.3) is 0 Å². The average Bonchev–Trinajstić information content (AvgIpc) is 3.03. The van der Waals surface area contributed by atoms with Crippen LogP contribution in [0.2, 0.25) is 5.02 Å². The van der Waals surface area contributed by atoms with Crippen LogP contribution in [0.3, 0.4) is 0 Å². The standard InChI is InChI=1S/C34H46Cl2N4O3/c1-42-32-7-3-2-6-31(32)39-17-13-37(14-18-39)21-22-43-34(12-4-5-29(36)24-34)40-19-15-38(16-20-40)25-27-9-8-26-10-11-28(35)23-30(26)33(27)41/h2-7,10-11,23,27,29,33,41H,8-9,12-22,24-25H2,1H3. The first-order valence-corrected chi connectivity index (χ1v) is 16.7. The molecule has 2 aromatic rings. The van der Waals surface area contributed by atoms with Gasteiger partial charge in [0, 0.05) is 89.2 Å². The molecule has 234 valence electrons. The molecule has 6 rings (SSSR count). The number of aryl methyl sites for hydroxylation is 1. The van der Waals surface area contributed by atoms with Gasteiger partial charge >= 0.3 is 0 Å². The van der Waals surface area contributed by atoms with E-state index in [1.807, 2.05) is 24.3 Å². The summed E-state index contributed by atoms with van der Waals surface area (Å²) in [6.07, 6.45) is 7.57. The Labute approximate surface area is 266 Å². The number of alkyl halides is 1. The van der Waals surface area contributed by atoms with Crippen LogP contribution in [0.5, 0.6) is 5.75 Å². The molecule has 4 unspecified atom stereocenters. The normalized spacial score (nSPS) is 29.0. The average molecular weight is 630 g/mol. The van der Waals surface area contributed by atoms with Crippen LogP contribution < -0.4 is 9.64 Å². The lowest BCUT2D eigenvalue weighted by atomic mass is 9.81. The lowest BCUT2D eigenvalue weighted by Crippen LogP contribution is -2.60. The maximum atomic E-state index is 11.2. The van der Waals surface area contributed by atoms with E-state index < -0.39 is 6.10 Å². The molecule has 2 aliphatic heterocycles. The third kappa shape index (κ3) is 7.19. The zero-order valence-corrected chi connectivity index (χ0v) is 26.9. The van der Waals surface area contributed by atoms with Gasteiger partial charge in [-0.3, -0.25) is 9.80 Å². The SMILES string of the molecule is COc1ccccc1N1CCN(CCOC2(N3CCN(CC4CCc5ccc(Cl)cc5C4O)CC3)CC=CC(Cl)C2)CC1. The minimum absolute atomic E-state index is 0.0135. The summed E-state index contributed by atoms with van der Waals surface area (Å²) in [5.41, 5.74) is 3.06. The number of hydrogen-bond acceptors (Lipinski definition) is 7. The van der Waals surface area contributed by atoms with Gasteiger partial charge in [-0.2, -0.15) is 0 Å². The smallest absolute Gasteiger partial charge is 0.142 e. The van der Waals surface area contributed by atoms with Crippen molar-refractivity contribution < 1.29 is 14.6 Å². The van der Waals surface area contributed by atoms with Crippen LogP contribution in [0, 0.1) is 5.92 Å². The fourth-order valence-electron chi connectivity index (χ4n) is 7.47. The first-order chi connectivity index (χ1) is 20.9. The van der Waals surface area contributed by atoms with Gasteiger partial charge < -0.3 is 24.4 Å². The molecule has 2 heterocycles. The molecule has 9 heteroatoms. The molecule has 1 N–H and O–H groups in total. The lowest BCUT2D eigenvalue weighted by Gasteiger charge is -2.49. The Morgan fingerprint density at radius 3 is 2.51 bits per heavy atom. The first kappa shape index (κ1) is 31.2. The summed E-state index contributed by atoms with van der Waals surface area (Å²) in [7, 11) is 1.74. The van der Waals surface area contributed by atoms with E-state index in [1.54, 1.807) is 7.11 Å². The molecule has 4 atom stereocenters. The van der Waals surface area contributed by atoms with Gasteiger partial charge in [-0.15, -0.1) is 11.6 Å². The maximum Gasteiger partial charge on any atom is 0.142 e. The molecule has 0 aromatic heterocycles. The second kappa shape index (κ2) is 14.1. The Morgan fingerprint density at radius 1 is 0.977 bits per heavy atom. The van der Waals surface area contributed by atoms with Crippen LogP contribution >= 0.6 is 23.2 Å². The monoisotopic (exact) mass is 628 g/mol. The molecule has 0 bridgehead atoms. The second-order valence-corrected chi connectivity index (χ2v) is 13.5. The molecule has 7 nitrogen and oxygen atoms in total. The van der Waals surface area contributed by atoms with Crippen molar-refractivity contribution in [2.75, 3.05) is 84.1 Å². The summed E-state index contributed by atoms with van der Waals surface area (Å²) in [5.74, 6) is 1.17. The number of hydrogen-bond donors (Lipinski definition) is 1. The van der Waals surface area contributed by atoms with Gasteiger partial charge in [-0.25, -0.2) is 0 Å². The van der Waals surface area contributed by atoms with Crippen LogP contribution in [0.15, 0.2) is 54.6 Å². The van der Waals surface area contributed by atoms with Crippen LogP contribution in [-0.2, 0) is 11.2 Å². The minimum Gasteiger partial charge on any atom is -0.495 e. The number of aliphatic hydroxyl groups excluding tert-OH is 1. The highest BCUT2D eigenvalue weighted by molar-refractivity contribution is 6.30. The van der Waals surface area contributed by atoms with Crippen molar-refractivity contribution in [1.82, 2.24) is 14.7 Å². The number of piperazine rings is 2. The lowest BCUT2D eigenvalue weighted by molar-refractivity contribution is -0.174. The van der Waals surface area contributed by atoms with Crippen LogP contribution in [-0.4, -0.2) is 110 Å². The number of methoxy groups -OCH3 is 1. The van der Waals surface area contributed by atoms with Gasteiger partial charge in [0.2, 0.25) is 0 Å². The van der Waals surface area contributed by atoms with Crippen molar-refractivity contribution >= 4 is 28.9 Å². The highest BCUT2D eigenvalue weighted by Crippen LogP contribution is 2.38. The molecule has 4 aliphatic rings. The predicted octanol–water partition coefficient (Wildman–Crippen LogP) is 5.05. The molecule has 2 aromatic carbocycles. The number of aliphatic hydroxyl groups is 1. The van der Waals surface area contributed by atoms with Gasteiger partial charge in [0.1, 0.15) is 11.5 Å². The third-order valence-electron chi connectivity index (χ3n) is 9.97. The van der Waals surface area contributed by atoms with E-state index in [9.17, 15) is 5.11 Å². The summed E-state index contributed by atoms with van der Waals surface area (Å²) in [6.45, 7) is 10.3. The number of para-hydroxylation sites is 2. The summed E-state index contributed by atoms with van der Waals surface area (Å²) in [6, 6.07) is 14.2. The van der Waals surface area contributed by atoms with Gasteiger partial charge in [-0.1, -0.05) is 42.0 Å². The number of rotatable bonds is 9. The Hall–Kier alpha value is -1.84. The first-order valence-electron chi connectivity index (χ1n) is 15.9. The highest BCUT2D eigenvalue weighted by Gasteiger charge is 2.42. The summed E-state index contributed by atoms with van der Waals surface area (Å²) < 4.78 is 12.4. The van der Waals surface area contributed by atoms with E-state index >= 15 is 0 Å². The van der Waals surface area contributed by atoms with E-state index in [0.29, 0.717) is 11.6 Å². The fraction of sp³-hybridized carbons (Fsp3) is 0.588. The van der Waals surface area contributed by atoms with Crippen molar-refractivity contribution in [3.63, 3.8) is 0 Å². The zero-order chi connectivity index (χ0) is 29.8. The van der Waals surface area contributed by atoms with E-state index in [0.717, 1.165) is 102 Å². The number of benzene rings is 2. The molecular formula is C34H46Cl2N4O3. The van der Waals surface area contributed by atoms with Crippen molar-refractivity contribution in [2.45, 2.75) is 42.9 Å². The predicted molar refractivity (Wildman–Crippen MR) is 175 cm³/mol. The third-order valence-corrected chi connectivity index (χ3v) is 10.5. The topological polar surface area (TPSA) is 51.7 Å². The van der Waals surface area contributed by atoms with Gasteiger partial charge in [0.05, 0.1) is 30.9 Å². The largest absolute Gasteiger partial charge is 0.495 e. The highest BCUT2D eigenvalue weighted by atomic mass is 35.5. The van der Waals surface area contributed by atoms with Crippen molar-refractivity contribution in [1.29, 1.82) is 0 Å². The van der Waals surface area contributed by atoms with E-state index in [4.69, 9.17) is 32.7 Å². The van der Waals surface area contributed by atoms with Gasteiger partial charge in [0.15, 0.2) is 0 Å². The Kier molecular flexibility index (Phi) is 10.2. The van der Waals surface area contributed by atoms with Crippen LogP contribution in [0.4, 0.5) is 5.69 Å². The Balaban J connectivity index is 1.00. The molecule has 2 fully saturated rings. The zero-order valence-electron chi connectivity index (χ0n) is 25.3. The van der Waals surface area contributed by atoms with E-state index in [1.165, 1.54) is 11.3 Å². The summed E-state index contributed by atoms with van der Waals surface area (Å²) >= 11 is 13.0. The van der Waals surface area contributed by atoms with Crippen LogP contribution in [0.25, 0.3) is 0 Å². The molecule has 0 amide bonds. The number of anilines is 1. The number of halogens is 2. The van der Waals surface area contributed by atoms with E-state index in [2.05, 4.69) is 50.0 Å². The minimum atomic E-state index is -0.452. The van der Waals surface area contributed by atoms with Crippen molar-refractivity contribution in [3.8, 4) is 5.75 Å². The summed E-state index contributed by atoms with van der Waals surface area (Å²) in [4.78, 5) is 9.98. The Bertz CT molecular complexity index is 1250. The number of ether oxygens (including phenoxy) is 2. The molecule has 2 aliphatic carbocycles. The molecule has 0 saturated carbocycles.